The van der Waals surface area contributed by atoms with Gasteiger partial charge in [0, 0.05) is 50.3 Å². The summed E-state index contributed by atoms with van der Waals surface area (Å²) in [5, 5.41) is 1.91. The number of halogens is 3. The van der Waals surface area contributed by atoms with E-state index < -0.39 is 18.6 Å². The fraction of sp³-hybridized carbons (Fsp3) is 0.316. The summed E-state index contributed by atoms with van der Waals surface area (Å²) in [6.07, 6.45) is 0.546. The van der Waals surface area contributed by atoms with Crippen molar-refractivity contribution >= 4 is 23.2 Å². The highest BCUT2D eigenvalue weighted by atomic mass is 19.4. The zero-order valence-electron chi connectivity index (χ0n) is 15.4. The summed E-state index contributed by atoms with van der Waals surface area (Å²) in [6, 6.07) is 8.88. The van der Waals surface area contributed by atoms with Crippen LogP contribution in [0.3, 0.4) is 0 Å². The number of aromatic nitrogens is 3. The normalized spacial score (nSPS) is 15.0. The third kappa shape index (κ3) is 4.25. The van der Waals surface area contributed by atoms with Gasteiger partial charge in [-0.05, 0) is 30.3 Å². The summed E-state index contributed by atoms with van der Waals surface area (Å²) in [6.45, 7) is 1.58. The molecule has 0 atom stereocenters. The van der Waals surface area contributed by atoms with E-state index in [1.807, 2.05) is 21.9 Å². The van der Waals surface area contributed by atoms with Crippen LogP contribution in [0.1, 0.15) is 10.4 Å². The number of anilines is 2. The molecule has 1 aliphatic heterocycles. The van der Waals surface area contributed by atoms with E-state index in [0.29, 0.717) is 5.95 Å². The van der Waals surface area contributed by atoms with Gasteiger partial charge in [0.05, 0.1) is 5.56 Å². The van der Waals surface area contributed by atoms with Gasteiger partial charge in [-0.2, -0.15) is 13.2 Å². The lowest BCUT2D eigenvalue weighted by Crippen LogP contribution is -2.47. The quantitative estimate of drug-likeness (QED) is 0.723. The number of nitrogens with zero attached hydrogens (tertiary/aromatic N) is 5. The molecule has 4 heterocycles. The van der Waals surface area contributed by atoms with Crippen LogP contribution in [0.2, 0.25) is 0 Å². The zero-order chi connectivity index (χ0) is 20.4. The molecule has 0 spiro atoms. The molecule has 0 aliphatic carbocycles. The summed E-state index contributed by atoms with van der Waals surface area (Å²) < 4.78 is 38.9. The number of rotatable bonds is 4. The van der Waals surface area contributed by atoms with Crippen LogP contribution in [-0.4, -0.2) is 59.2 Å². The molecule has 1 aliphatic rings. The van der Waals surface area contributed by atoms with Crippen molar-refractivity contribution in [3.05, 3.63) is 54.5 Å². The van der Waals surface area contributed by atoms with Gasteiger partial charge in [-0.15, -0.1) is 0 Å². The summed E-state index contributed by atoms with van der Waals surface area (Å²) in [5.74, 6) is 0.824. The van der Waals surface area contributed by atoms with Gasteiger partial charge in [0.1, 0.15) is 12.4 Å². The third-order valence-electron chi connectivity index (χ3n) is 4.78. The standard InChI is InChI=1S/C19H19F3N6O/c20-19(21,22)13-25-17(29)14-2-3-15-4-5-16(28(15)12-14)26-8-10-27(11-9-26)18-23-6-1-7-24-18/h1-7,12H,8-11,13H2,(H,25,29). The molecule has 0 saturated carbocycles. The van der Waals surface area contributed by atoms with Crippen molar-refractivity contribution < 1.29 is 18.0 Å². The molecule has 1 N–H and O–H groups in total. The Hall–Kier alpha value is -3.30. The maximum Gasteiger partial charge on any atom is 0.405 e. The number of alkyl halides is 3. The number of carbonyl (C=O) groups excluding carboxylic acids is 1. The molecule has 1 amide bonds. The molecule has 29 heavy (non-hydrogen) atoms. The SMILES string of the molecule is O=C(NCC(F)(F)F)c1ccc2ccc(N3CCN(c4ncccn4)CC3)n2c1. The topological polar surface area (TPSA) is 65.8 Å². The Balaban J connectivity index is 1.49. The van der Waals surface area contributed by atoms with Crippen LogP contribution in [0.25, 0.3) is 5.52 Å². The van der Waals surface area contributed by atoms with E-state index in [9.17, 15) is 18.0 Å². The second-order valence-electron chi connectivity index (χ2n) is 6.72. The second-order valence-corrected chi connectivity index (χ2v) is 6.72. The van der Waals surface area contributed by atoms with Crippen LogP contribution in [-0.2, 0) is 0 Å². The number of fused-ring (bicyclic) bond motifs is 1. The van der Waals surface area contributed by atoms with Gasteiger partial charge in [-0.25, -0.2) is 9.97 Å². The highest BCUT2D eigenvalue weighted by Gasteiger charge is 2.28. The molecule has 7 nitrogen and oxygen atoms in total. The molecule has 1 fully saturated rings. The third-order valence-corrected chi connectivity index (χ3v) is 4.78. The molecule has 152 valence electrons. The van der Waals surface area contributed by atoms with Gasteiger partial charge < -0.3 is 19.5 Å². The van der Waals surface area contributed by atoms with Crippen molar-refractivity contribution in [3.63, 3.8) is 0 Å². The maximum atomic E-state index is 12.4. The smallest absolute Gasteiger partial charge is 0.354 e. The van der Waals surface area contributed by atoms with E-state index >= 15 is 0 Å². The van der Waals surface area contributed by atoms with Crippen molar-refractivity contribution in [3.8, 4) is 0 Å². The number of hydrogen-bond acceptors (Lipinski definition) is 5. The maximum absolute atomic E-state index is 12.4. The summed E-state index contributed by atoms with van der Waals surface area (Å²) in [4.78, 5) is 24.9. The zero-order valence-corrected chi connectivity index (χ0v) is 15.4. The number of pyridine rings is 1. The molecule has 3 aromatic heterocycles. The fourth-order valence-electron chi connectivity index (χ4n) is 3.35. The van der Waals surface area contributed by atoms with E-state index in [0.717, 1.165) is 37.5 Å². The molecular formula is C19H19F3N6O. The average Bonchev–Trinajstić information content (AvgIpc) is 3.15. The Morgan fingerprint density at radius 2 is 1.66 bits per heavy atom. The van der Waals surface area contributed by atoms with E-state index in [2.05, 4.69) is 19.8 Å². The van der Waals surface area contributed by atoms with Crippen LogP contribution in [0.4, 0.5) is 24.9 Å². The van der Waals surface area contributed by atoms with Crippen molar-refractivity contribution in [1.29, 1.82) is 0 Å². The molecule has 0 radical (unpaired) electrons. The molecule has 0 bridgehead atoms. The van der Waals surface area contributed by atoms with Gasteiger partial charge >= 0.3 is 6.18 Å². The van der Waals surface area contributed by atoms with E-state index in [4.69, 9.17) is 0 Å². The molecule has 3 aromatic rings. The lowest BCUT2D eigenvalue weighted by Gasteiger charge is -2.35. The Bertz CT molecular complexity index is 996. The molecule has 0 aromatic carbocycles. The summed E-state index contributed by atoms with van der Waals surface area (Å²) in [5.41, 5.74) is 1.04. The highest BCUT2D eigenvalue weighted by molar-refractivity contribution is 5.94. The predicted octanol–water partition coefficient (Wildman–Crippen LogP) is 2.35. The van der Waals surface area contributed by atoms with Gasteiger partial charge in [0.25, 0.3) is 5.91 Å². The minimum Gasteiger partial charge on any atom is -0.354 e. The number of nitrogens with one attached hydrogen (secondary N) is 1. The largest absolute Gasteiger partial charge is 0.405 e. The minimum atomic E-state index is -4.44. The fourth-order valence-corrected chi connectivity index (χ4v) is 3.35. The molecule has 0 unspecified atom stereocenters. The average molecular weight is 404 g/mol. The first-order valence-corrected chi connectivity index (χ1v) is 9.14. The van der Waals surface area contributed by atoms with Crippen LogP contribution in [0, 0.1) is 0 Å². The van der Waals surface area contributed by atoms with E-state index in [-0.39, 0.29) is 5.56 Å². The molecular weight excluding hydrogens is 385 g/mol. The van der Waals surface area contributed by atoms with E-state index in [1.165, 1.54) is 6.07 Å². The number of piperazine rings is 1. The van der Waals surface area contributed by atoms with E-state index in [1.54, 1.807) is 30.7 Å². The lowest BCUT2D eigenvalue weighted by molar-refractivity contribution is -0.123. The van der Waals surface area contributed by atoms with Gasteiger partial charge in [0.2, 0.25) is 5.95 Å². The van der Waals surface area contributed by atoms with Gasteiger partial charge in [-0.1, -0.05) is 0 Å². The molecule has 1 saturated heterocycles. The van der Waals surface area contributed by atoms with Crippen molar-refractivity contribution in [1.82, 2.24) is 19.7 Å². The Morgan fingerprint density at radius 3 is 2.34 bits per heavy atom. The second kappa shape index (κ2) is 7.61. The van der Waals surface area contributed by atoms with Crippen LogP contribution in [0.5, 0.6) is 0 Å². The Labute approximate surface area is 164 Å². The number of amides is 1. The Morgan fingerprint density at radius 1 is 1.00 bits per heavy atom. The minimum absolute atomic E-state index is 0.176. The number of carbonyl (C=O) groups is 1. The first-order valence-electron chi connectivity index (χ1n) is 9.14. The summed E-state index contributed by atoms with van der Waals surface area (Å²) in [7, 11) is 0. The Kier molecular flexibility index (Phi) is 4.99. The molecule has 10 heteroatoms. The first kappa shape index (κ1) is 19.0. The van der Waals surface area contributed by atoms with Crippen molar-refractivity contribution in [2.24, 2.45) is 0 Å². The lowest BCUT2D eigenvalue weighted by atomic mass is 10.2. The van der Waals surface area contributed by atoms with Crippen molar-refractivity contribution in [2.45, 2.75) is 6.18 Å². The first-order chi connectivity index (χ1) is 13.9. The monoisotopic (exact) mass is 404 g/mol. The number of hydrogen-bond donors (Lipinski definition) is 1. The predicted molar refractivity (Wildman–Crippen MR) is 102 cm³/mol. The van der Waals surface area contributed by atoms with Crippen LogP contribution in [0.15, 0.2) is 48.9 Å². The summed E-state index contributed by atoms with van der Waals surface area (Å²) >= 11 is 0. The van der Waals surface area contributed by atoms with Gasteiger partial charge in [-0.3, -0.25) is 4.79 Å². The van der Waals surface area contributed by atoms with Gasteiger partial charge in [0.15, 0.2) is 0 Å². The highest BCUT2D eigenvalue weighted by Crippen LogP contribution is 2.23. The molecule has 4 rings (SSSR count). The van der Waals surface area contributed by atoms with Crippen LogP contribution < -0.4 is 15.1 Å². The van der Waals surface area contributed by atoms with Crippen molar-refractivity contribution in [2.75, 3.05) is 42.5 Å². The van der Waals surface area contributed by atoms with Crippen LogP contribution >= 0.6 is 0 Å².